The molecule has 0 aliphatic carbocycles. The summed E-state index contributed by atoms with van der Waals surface area (Å²) in [7, 11) is 1.32. The molecule has 0 saturated carbocycles. The lowest BCUT2D eigenvalue weighted by molar-refractivity contribution is -0.140. The molecule has 1 aromatic heterocycles. The van der Waals surface area contributed by atoms with E-state index in [2.05, 4.69) is 10.3 Å². The molecule has 2 aromatic carbocycles. The largest absolute Gasteiger partial charge is 0.419 e. The lowest BCUT2D eigenvalue weighted by atomic mass is 10.0. The molecule has 10 heteroatoms. The van der Waals surface area contributed by atoms with Crippen LogP contribution in [0.25, 0.3) is 0 Å². The van der Waals surface area contributed by atoms with Gasteiger partial charge in [-0.15, -0.1) is 0 Å². The maximum atomic E-state index is 13.7. The minimum absolute atomic E-state index is 0.0292. The zero-order valence-electron chi connectivity index (χ0n) is 18.7. The number of hydrogen-bond donors (Lipinski definition) is 1. The maximum Gasteiger partial charge on any atom is 0.419 e. The summed E-state index contributed by atoms with van der Waals surface area (Å²) >= 11 is 0. The fraction of sp³-hybridized carbons (Fsp3) is 0.280. The number of aromatic nitrogens is 1. The number of benzene rings is 2. The molecule has 0 saturated heterocycles. The van der Waals surface area contributed by atoms with E-state index in [0.29, 0.717) is 31.1 Å². The first-order valence-corrected chi connectivity index (χ1v) is 10.9. The molecule has 1 N–H and O–H groups in total. The van der Waals surface area contributed by atoms with Crippen LogP contribution in [-0.2, 0) is 17.3 Å². The van der Waals surface area contributed by atoms with Gasteiger partial charge in [0.2, 0.25) is 0 Å². The topological polar surface area (TPSA) is 54.5 Å². The molecule has 1 amide bonds. The zero-order valence-corrected chi connectivity index (χ0v) is 18.7. The molecular weight excluding hydrogens is 469 g/mol. The number of aryl methyl sites for hydroxylation is 1. The molecule has 0 radical (unpaired) electrons. The number of methoxy groups -OCH3 is 1. The van der Waals surface area contributed by atoms with Crippen molar-refractivity contribution >= 4 is 17.4 Å². The summed E-state index contributed by atoms with van der Waals surface area (Å²) in [6, 6.07) is 10.1. The Morgan fingerprint density at radius 3 is 2.71 bits per heavy atom. The van der Waals surface area contributed by atoms with Crippen LogP contribution in [0.15, 0.2) is 54.7 Å². The average molecular weight is 491 g/mol. The number of carbonyl (C=O) groups excluding carboxylic acids is 1. The Morgan fingerprint density at radius 2 is 1.97 bits per heavy atom. The number of alkyl halides is 3. The molecule has 0 spiro atoms. The summed E-state index contributed by atoms with van der Waals surface area (Å²) in [5.74, 6) is -1.87. The van der Waals surface area contributed by atoms with E-state index in [1.807, 2.05) is 0 Å². The van der Waals surface area contributed by atoms with Crippen LogP contribution < -0.4 is 10.2 Å². The third-order valence-corrected chi connectivity index (χ3v) is 5.85. The van der Waals surface area contributed by atoms with Crippen LogP contribution in [0.1, 0.15) is 39.6 Å². The minimum Gasteiger partial charge on any atom is -0.375 e. The second-order valence-electron chi connectivity index (χ2n) is 8.08. The molecule has 35 heavy (non-hydrogen) atoms. The van der Waals surface area contributed by atoms with Gasteiger partial charge in [-0.3, -0.25) is 4.79 Å². The third kappa shape index (κ3) is 5.27. The van der Waals surface area contributed by atoms with Crippen LogP contribution in [-0.4, -0.2) is 31.1 Å². The van der Waals surface area contributed by atoms with Gasteiger partial charge in [0.15, 0.2) is 0 Å². The molecular formula is C25H22F5N3O2. The number of hydrogen-bond acceptors (Lipinski definition) is 4. The average Bonchev–Trinajstić information content (AvgIpc) is 2.83. The van der Waals surface area contributed by atoms with Crippen molar-refractivity contribution in [3.63, 3.8) is 0 Å². The number of carbonyl (C=O) groups is 1. The van der Waals surface area contributed by atoms with Crippen molar-refractivity contribution in [2.75, 3.05) is 30.4 Å². The van der Waals surface area contributed by atoms with Crippen molar-refractivity contribution in [2.24, 2.45) is 0 Å². The predicted molar refractivity (Wildman–Crippen MR) is 120 cm³/mol. The number of amides is 1. The van der Waals surface area contributed by atoms with Crippen LogP contribution in [0, 0.1) is 11.6 Å². The second-order valence-corrected chi connectivity index (χ2v) is 8.08. The molecule has 0 bridgehead atoms. The number of nitrogens with one attached hydrogen (secondary N) is 1. The number of nitrogens with zero attached hydrogens (tertiary/aromatic N) is 2. The Labute approximate surface area is 198 Å². The predicted octanol–water partition coefficient (Wildman–Crippen LogP) is 5.77. The monoisotopic (exact) mass is 491 g/mol. The van der Waals surface area contributed by atoms with Gasteiger partial charge in [0, 0.05) is 32.1 Å². The zero-order chi connectivity index (χ0) is 25.2. The highest BCUT2D eigenvalue weighted by Crippen LogP contribution is 2.34. The van der Waals surface area contributed by atoms with E-state index in [1.165, 1.54) is 31.5 Å². The normalized spacial score (nSPS) is 14.4. The van der Waals surface area contributed by atoms with Crippen molar-refractivity contribution in [2.45, 2.75) is 25.1 Å². The van der Waals surface area contributed by atoms with Crippen molar-refractivity contribution in [1.82, 2.24) is 4.98 Å². The molecule has 0 fully saturated rings. The molecule has 1 aliphatic rings. The smallest absolute Gasteiger partial charge is 0.375 e. The Hall–Kier alpha value is -3.53. The van der Waals surface area contributed by atoms with E-state index in [4.69, 9.17) is 4.74 Å². The first-order chi connectivity index (χ1) is 16.7. The summed E-state index contributed by atoms with van der Waals surface area (Å²) in [6.07, 6.45) is -2.92. The van der Waals surface area contributed by atoms with Crippen LogP contribution in [0.3, 0.4) is 0 Å². The van der Waals surface area contributed by atoms with Gasteiger partial charge in [0.25, 0.3) is 5.91 Å². The van der Waals surface area contributed by atoms with Crippen molar-refractivity contribution in [3.8, 4) is 0 Å². The maximum absolute atomic E-state index is 13.7. The minimum atomic E-state index is -4.85. The number of ether oxygens (including phenoxy) is 1. The number of rotatable bonds is 6. The van der Waals surface area contributed by atoms with Crippen LogP contribution in [0.5, 0.6) is 0 Å². The van der Waals surface area contributed by atoms with Gasteiger partial charge in [0.05, 0.1) is 17.2 Å². The van der Waals surface area contributed by atoms with E-state index in [-0.39, 0.29) is 35.2 Å². The quantitative estimate of drug-likeness (QED) is 0.445. The highest BCUT2D eigenvalue weighted by Gasteiger charge is 2.35. The SMILES string of the molecule is COC(CNc1ncccc1C(=O)N1CCCc2cc(F)ccc21)c1ccc(F)c(C(F)(F)F)c1. The highest BCUT2D eigenvalue weighted by molar-refractivity contribution is 6.09. The second kappa shape index (κ2) is 9.99. The molecule has 3 aromatic rings. The van der Waals surface area contributed by atoms with Gasteiger partial charge in [-0.1, -0.05) is 6.07 Å². The highest BCUT2D eigenvalue weighted by atomic mass is 19.4. The Morgan fingerprint density at radius 1 is 1.17 bits per heavy atom. The molecule has 1 unspecified atom stereocenters. The standard InChI is InChI=1S/C25H22F5N3O2/c1-35-22(16-6-8-20(27)19(13-16)25(28,29)30)14-32-23-18(5-2-10-31-23)24(34)33-11-3-4-15-12-17(26)7-9-21(15)33/h2,5-10,12-13,22H,3-4,11,14H2,1H3,(H,31,32). The molecule has 1 aliphatic heterocycles. The van der Waals surface area contributed by atoms with Gasteiger partial charge in [-0.05, 0) is 66.4 Å². The molecule has 184 valence electrons. The molecule has 4 rings (SSSR count). The van der Waals surface area contributed by atoms with Crippen LogP contribution >= 0.6 is 0 Å². The molecule has 5 nitrogen and oxygen atoms in total. The van der Waals surface area contributed by atoms with E-state index in [0.717, 1.165) is 11.6 Å². The lowest BCUT2D eigenvalue weighted by Gasteiger charge is -2.30. The van der Waals surface area contributed by atoms with Crippen LogP contribution in [0.4, 0.5) is 33.5 Å². The first-order valence-electron chi connectivity index (χ1n) is 10.9. The third-order valence-electron chi connectivity index (χ3n) is 5.85. The summed E-state index contributed by atoms with van der Waals surface area (Å²) in [6.45, 7) is 0.417. The van der Waals surface area contributed by atoms with E-state index in [9.17, 15) is 26.7 Å². The molecule has 2 heterocycles. The van der Waals surface area contributed by atoms with Gasteiger partial charge in [-0.25, -0.2) is 13.8 Å². The Kier molecular flexibility index (Phi) is 7.02. The van der Waals surface area contributed by atoms with Crippen molar-refractivity contribution < 1.29 is 31.5 Å². The van der Waals surface area contributed by atoms with E-state index in [1.54, 1.807) is 23.1 Å². The van der Waals surface area contributed by atoms with Gasteiger partial charge < -0.3 is 15.0 Å². The number of fused-ring (bicyclic) bond motifs is 1. The first kappa shape index (κ1) is 24.6. The Balaban J connectivity index is 1.56. The van der Waals surface area contributed by atoms with E-state index >= 15 is 0 Å². The van der Waals surface area contributed by atoms with E-state index < -0.39 is 23.7 Å². The summed E-state index contributed by atoms with van der Waals surface area (Å²) in [5, 5.41) is 2.97. The fourth-order valence-corrected chi connectivity index (χ4v) is 4.13. The fourth-order valence-electron chi connectivity index (χ4n) is 4.13. The molecule has 1 atom stereocenters. The van der Waals surface area contributed by atoms with Crippen LogP contribution in [0.2, 0.25) is 0 Å². The summed E-state index contributed by atoms with van der Waals surface area (Å²) in [4.78, 5) is 19.2. The lowest BCUT2D eigenvalue weighted by Crippen LogP contribution is -2.36. The van der Waals surface area contributed by atoms with Gasteiger partial charge >= 0.3 is 6.18 Å². The number of halogens is 5. The number of anilines is 2. The van der Waals surface area contributed by atoms with Gasteiger partial charge in [-0.2, -0.15) is 13.2 Å². The summed E-state index contributed by atoms with van der Waals surface area (Å²) in [5.41, 5.74) is 0.336. The van der Waals surface area contributed by atoms with Crippen molar-refractivity contribution in [1.29, 1.82) is 0 Å². The Bertz CT molecular complexity index is 1230. The van der Waals surface area contributed by atoms with Gasteiger partial charge in [0.1, 0.15) is 17.5 Å². The van der Waals surface area contributed by atoms with Crippen molar-refractivity contribution in [3.05, 3.63) is 88.6 Å². The summed E-state index contributed by atoms with van der Waals surface area (Å²) < 4.78 is 72.0. The number of pyridine rings is 1.